The van der Waals surface area contributed by atoms with Crippen molar-refractivity contribution < 1.29 is 34.8 Å². The number of carbonyl (C=O) groups excluding carboxylic acids is 2. The molecular weight excluding hydrogens is 400 g/mol. The molecule has 0 aromatic heterocycles. The maximum atomic E-state index is 11.3. The van der Waals surface area contributed by atoms with E-state index in [0.29, 0.717) is 24.3 Å². The zero-order chi connectivity index (χ0) is 19.4. The molecule has 154 valence electrons. The van der Waals surface area contributed by atoms with E-state index in [-0.39, 0.29) is 81.5 Å². The first kappa shape index (κ1) is 32.4. The van der Waals surface area contributed by atoms with E-state index in [0.717, 1.165) is 12.8 Å². The number of hydrogen-bond acceptors (Lipinski definition) is 6. The first-order valence-electron chi connectivity index (χ1n) is 8.40. The van der Waals surface area contributed by atoms with Gasteiger partial charge in [-0.05, 0) is 61.9 Å². The fraction of sp³-hybridized carbons (Fsp3) is 0.300. The van der Waals surface area contributed by atoms with Crippen LogP contribution in [0.3, 0.4) is 0 Å². The molecule has 0 fully saturated rings. The van der Waals surface area contributed by atoms with Crippen molar-refractivity contribution in [3.05, 3.63) is 59.7 Å². The van der Waals surface area contributed by atoms with Gasteiger partial charge in [0.15, 0.2) is 0 Å². The van der Waals surface area contributed by atoms with Crippen LogP contribution in [0.4, 0.5) is 0 Å². The summed E-state index contributed by atoms with van der Waals surface area (Å²) < 4.78 is 9.73. The Labute approximate surface area is 209 Å². The van der Waals surface area contributed by atoms with Gasteiger partial charge in [-0.2, -0.15) is 0 Å². The van der Waals surface area contributed by atoms with Crippen LogP contribution in [0.25, 0.3) is 0 Å². The van der Waals surface area contributed by atoms with Crippen LogP contribution in [0.1, 0.15) is 47.4 Å². The van der Waals surface area contributed by atoms with Gasteiger partial charge in [0, 0.05) is 0 Å². The zero-order valence-electron chi connectivity index (χ0n) is 15.5. The summed E-state index contributed by atoms with van der Waals surface area (Å²) in [4.78, 5) is 22.4. The Kier molecular flexibility index (Phi) is 20.9. The van der Waals surface area contributed by atoms with E-state index in [1.807, 2.05) is 6.92 Å². The molecule has 0 radical (unpaired) electrons. The minimum absolute atomic E-state index is 0. The van der Waals surface area contributed by atoms with Gasteiger partial charge in [-0.15, -0.1) is 0 Å². The van der Waals surface area contributed by atoms with Crippen LogP contribution < -0.4 is 0 Å². The Bertz CT molecular complexity index is 691. The average molecular weight is 429 g/mol. The second kappa shape index (κ2) is 18.7. The Morgan fingerprint density at radius 3 is 1.52 bits per heavy atom. The van der Waals surface area contributed by atoms with E-state index >= 15 is 0 Å². The molecule has 0 heterocycles. The SMILES string of the molecule is CCCCOC(=O)c1ccc(O)cc1.CCOC(=O)c1ccc(O)cc1.O.[MgH2].[NaH]. The molecule has 2 rings (SSSR count). The van der Waals surface area contributed by atoms with Gasteiger partial charge in [0.1, 0.15) is 11.5 Å². The van der Waals surface area contributed by atoms with E-state index in [2.05, 4.69) is 0 Å². The summed E-state index contributed by atoms with van der Waals surface area (Å²) >= 11 is 0. The average Bonchev–Trinajstić information content (AvgIpc) is 2.64. The van der Waals surface area contributed by atoms with Crippen LogP contribution in [0.2, 0.25) is 0 Å². The van der Waals surface area contributed by atoms with Crippen LogP contribution in [0, 0.1) is 0 Å². The third-order valence-electron chi connectivity index (χ3n) is 3.21. The van der Waals surface area contributed by atoms with Crippen LogP contribution in [-0.4, -0.2) is 93.5 Å². The Hall–Kier alpha value is -1.29. The van der Waals surface area contributed by atoms with Gasteiger partial charge in [0.05, 0.1) is 24.3 Å². The number of ether oxygens (including phenoxy) is 2. The quantitative estimate of drug-likeness (QED) is 0.408. The number of benzene rings is 2. The monoisotopic (exact) mass is 428 g/mol. The van der Waals surface area contributed by atoms with Gasteiger partial charge in [-0.3, -0.25) is 0 Å². The molecule has 0 saturated carbocycles. The van der Waals surface area contributed by atoms with Crippen molar-refractivity contribution in [2.45, 2.75) is 26.7 Å². The molecule has 0 saturated heterocycles. The number of carbonyl (C=O) groups is 2. The number of unbranched alkanes of at least 4 members (excludes halogenated alkanes) is 1. The molecular formula is C20H29MgNaO7. The Morgan fingerprint density at radius 1 is 0.793 bits per heavy atom. The summed E-state index contributed by atoms with van der Waals surface area (Å²) in [6.45, 7) is 4.60. The van der Waals surface area contributed by atoms with E-state index in [1.165, 1.54) is 36.4 Å². The molecule has 9 heteroatoms. The molecule has 0 aliphatic rings. The molecule has 0 atom stereocenters. The summed E-state index contributed by atoms with van der Waals surface area (Å²) in [6, 6.07) is 12.0. The molecule has 0 aliphatic heterocycles. The summed E-state index contributed by atoms with van der Waals surface area (Å²) in [5, 5.41) is 17.9. The molecule has 0 bridgehead atoms. The van der Waals surface area contributed by atoms with E-state index in [9.17, 15) is 9.59 Å². The number of hydrogen-bond donors (Lipinski definition) is 2. The van der Waals surface area contributed by atoms with E-state index in [4.69, 9.17) is 19.7 Å². The van der Waals surface area contributed by atoms with Crippen molar-refractivity contribution in [2.75, 3.05) is 13.2 Å². The molecule has 0 unspecified atom stereocenters. The van der Waals surface area contributed by atoms with Crippen LogP contribution in [-0.2, 0) is 9.47 Å². The van der Waals surface area contributed by atoms with E-state index in [1.54, 1.807) is 19.1 Å². The van der Waals surface area contributed by atoms with Crippen molar-refractivity contribution in [3.63, 3.8) is 0 Å². The standard InChI is InChI=1S/C11H14O3.C9H10O3.Mg.Na.H2O.3H/c1-2-3-8-14-11(13)9-4-6-10(12)7-5-9;1-2-12-9(11)7-3-5-8(10)6-4-7;;;;;;/h4-7,12H,2-3,8H2,1H3;3-6,10H,2H2,1H3;;;1H2;;;. The first-order chi connectivity index (χ1) is 12.5. The molecule has 2 aromatic carbocycles. The summed E-state index contributed by atoms with van der Waals surface area (Å²) in [6.07, 6.45) is 1.88. The van der Waals surface area contributed by atoms with Crippen molar-refractivity contribution >= 4 is 64.5 Å². The van der Waals surface area contributed by atoms with Gasteiger partial charge in [-0.25, -0.2) is 9.59 Å². The van der Waals surface area contributed by atoms with Gasteiger partial charge in [0.25, 0.3) is 0 Å². The Balaban J connectivity index is -0.000000426. The van der Waals surface area contributed by atoms with Crippen molar-refractivity contribution in [1.29, 1.82) is 0 Å². The predicted octanol–water partition coefficient (Wildman–Crippen LogP) is 1.53. The van der Waals surface area contributed by atoms with Crippen molar-refractivity contribution in [1.82, 2.24) is 0 Å². The third kappa shape index (κ3) is 13.5. The molecule has 29 heavy (non-hydrogen) atoms. The minimum atomic E-state index is -0.363. The fourth-order valence-corrected chi connectivity index (χ4v) is 1.80. The van der Waals surface area contributed by atoms with E-state index < -0.39 is 0 Å². The third-order valence-corrected chi connectivity index (χ3v) is 3.21. The van der Waals surface area contributed by atoms with Crippen molar-refractivity contribution in [3.8, 4) is 11.5 Å². The predicted molar refractivity (Wildman–Crippen MR) is 117 cm³/mol. The summed E-state index contributed by atoms with van der Waals surface area (Å²) in [5.41, 5.74) is 0.925. The Morgan fingerprint density at radius 2 is 1.17 bits per heavy atom. The van der Waals surface area contributed by atoms with Crippen LogP contribution >= 0.6 is 0 Å². The number of phenolic OH excluding ortho intramolecular Hbond substituents is 2. The zero-order valence-corrected chi connectivity index (χ0v) is 15.5. The molecule has 0 amide bonds. The fourth-order valence-electron chi connectivity index (χ4n) is 1.80. The number of esters is 2. The molecule has 7 nitrogen and oxygen atoms in total. The molecule has 2 aromatic rings. The maximum absolute atomic E-state index is 11.3. The molecule has 0 spiro atoms. The first-order valence-corrected chi connectivity index (χ1v) is 8.40. The molecule has 0 aliphatic carbocycles. The topological polar surface area (TPSA) is 125 Å². The van der Waals surface area contributed by atoms with Crippen LogP contribution in [0.15, 0.2) is 48.5 Å². The van der Waals surface area contributed by atoms with Gasteiger partial charge < -0.3 is 25.2 Å². The summed E-state index contributed by atoms with van der Waals surface area (Å²) in [5.74, 6) is -0.408. The van der Waals surface area contributed by atoms with Gasteiger partial charge in [0.2, 0.25) is 0 Å². The number of aromatic hydroxyl groups is 2. The second-order valence-electron chi connectivity index (χ2n) is 5.30. The van der Waals surface area contributed by atoms with Crippen LogP contribution in [0.5, 0.6) is 11.5 Å². The van der Waals surface area contributed by atoms with Crippen molar-refractivity contribution in [2.24, 2.45) is 0 Å². The second-order valence-corrected chi connectivity index (χ2v) is 5.30. The summed E-state index contributed by atoms with van der Waals surface area (Å²) in [7, 11) is 0. The normalized spacial score (nSPS) is 8.62. The number of rotatable bonds is 6. The molecule has 4 N–H and O–H groups in total. The van der Waals surface area contributed by atoms with Gasteiger partial charge in [-0.1, -0.05) is 13.3 Å². The number of phenols is 2. The van der Waals surface area contributed by atoms with Gasteiger partial charge >= 0.3 is 64.5 Å².